The van der Waals surface area contributed by atoms with Gasteiger partial charge in [0.25, 0.3) is 0 Å². The molecule has 0 amide bonds. The molecule has 0 saturated heterocycles. The summed E-state index contributed by atoms with van der Waals surface area (Å²) in [6, 6.07) is 2.84. The number of hydrogen-bond donors (Lipinski definition) is 1. The van der Waals surface area contributed by atoms with Crippen LogP contribution >= 0.6 is 24.2 Å². The first-order valence-electron chi connectivity index (χ1n) is 7.26. The van der Waals surface area contributed by atoms with Gasteiger partial charge in [-0.2, -0.15) is 0 Å². The van der Waals surface area contributed by atoms with E-state index < -0.39 is 0 Å². The van der Waals surface area contributed by atoms with Crippen LogP contribution in [0.25, 0.3) is 0 Å². The van der Waals surface area contributed by atoms with E-state index in [1.54, 1.807) is 0 Å². The van der Waals surface area contributed by atoms with Gasteiger partial charge in [-0.15, -0.1) is 12.6 Å². The summed E-state index contributed by atoms with van der Waals surface area (Å²) >= 11 is 10.1. The van der Waals surface area contributed by atoms with Crippen LogP contribution < -0.4 is 4.74 Å². The zero-order valence-electron chi connectivity index (χ0n) is 11.7. The second-order valence-corrected chi connectivity index (χ2v) is 7.68. The van der Waals surface area contributed by atoms with Gasteiger partial charge in [0.05, 0.1) is 11.6 Å². The van der Waals surface area contributed by atoms with Gasteiger partial charge in [0.15, 0.2) is 0 Å². The summed E-state index contributed by atoms with van der Waals surface area (Å²) in [5, 5.41) is 0.429. The van der Waals surface area contributed by atoms with Crippen molar-refractivity contribution in [2.75, 3.05) is 6.61 Å². The first kappa shape index (κ1) is 14.5. The molecule has 2 aliphatic rings. The molecule has 1 nitrogen and oxygen atoms in total. The van der Waals surface area contributed by atoms with Crippen molar-refractivity contribution in [3.8, 4) is 5.75 Å². The van der Waals surface area contributed by atoms with E-state index >= 15 is 0 Å². The maximum absolute atomic E-state index is 13.5. The van der Waals surface area contributed by atoms with Gasteiger partial charge in [-0.05, 0) is 37.2 Å². The Hall–Kier alpha value is -0.410. The van der Waals surface area contributed by atoms with Gasteiger partial charge >= 0.3 is 0 Å². The number of ether oxygens (including phenoxy) is 1. The van der Waals surface area contributed by atoms with Crippen molar-refractivity contribution in [2.24, 2.45) is 17.3 Å². The summed E-state index contributed by atoms with van der Waals surface area (Å²) in [5.74, 6) is 1.76. The summed E-state index contributed by atoms with van der Waals surface area (Å²) in [6.45, 7) is 2.90. The van der Waals surface area contributed by atoms with Gasteiger partial charge < -0.3 is 4.74 Å². The Bertz CT molecular complexity index is 507. The number of thiol groups is 1. The fraction of sp³-hybridized carbons (Fsp3) is 0.625. The van der Waals surface area contributed by atoms with Crippen LogP contribution in [-0.2, 0) is 0 Å². The van der Waals surface area contributed by atoms with Crippen molar-refractivity contribution in [2.45, 2.75) is 43.9 Å². The fourth-order valence-corrected chi connectivity index (χ4v) is 4.51. The van der Waals surface area contributed by atoms with Crippen molar-refractivity contribution in [1.82, 2.24) is 0 Å². The first-order valence-corrected chi connectivity index (χ1v) is 8.08. The molecule has 3 atom stereocenters. The van der Waals surface area contributed by atoms with Crippen molar-refractivity contribution in [1.29, 1.82) is 0 Å². The topological polar surface area (TPSA) is 9.23 Å². The summed E-state index contributed by atoms with van der Waals surface area (Å²) < 4.78 is 19.4. The molecule has 1 aromatic carbocycles. The zero-order chi connectivity index (χ0) is 14.3. The van der Waals surface area contributed by atoms with E-state index in [0.29, 0.717) is 17.4 Å². The predicted octanol–water partition coefficient (Wildman–Crippen LogP) is 5.36. The van der Waals surface area contributed by atoms with Gasteiger partial charge in [-0.25, -0.2) is 4.39 Å². The van der Waals surface area contributed by atoms with Gasteiger partial charge in [0.1, 0.15) is 11.6 Å². The smallest absolute Gasteiger partial charge is 0.140 e. The molecule has 2 fully saturated rings. The highest BCUT2D eigenvalue weighted by Crippen LogP contribution is 2.50. The van der Waals surface area contributed by atoms with Gasteiger partial charge in [0, 0.05) is 16.4 Å². The number of hydrogen-bond acceptors (Lipinski definition) is 2. The lowest BCUT2D eigenvalue weighted by atomic mass is 9.71. The van der Waals surface area contributed by atoms with Crippen LogP contribution in [-0.4, -0.2) is 6.61 Å². The third-order valence-corrected chi connectivity index (χ3v) is 5.43. The Balaban J connectivity index is 1.69. The zero-order valence-corrected chi connectivity index (χ0v) is 13.3. The predicted molar refractivity (Wildman–Crippen MR) is 82.3 cm³/mol. The molecule has 20 heavy (non-hydrogen) atoms. The summed E-state index contributed by atoms with van der Waals surface area (Å²) in [4.78, 5) is 0.254. The third-order valence-electron chi connectivity index (χ3n) is 4.79. The van der Waals surface area contributed by atoms with E-state index in [1.165, 1.54) is 44.2 Å². The van der Waals surface area contributed by atoms with E-state index in [-0.39, 0.29) is 16.1 Å². The highest BCUT2D eigenvalue weighted by atomic mass is 35.5. The highest BCUT2D eigenvalue weighted by Gasteiger charge is 2.41. The minimum Gasteiger partial charge on any atom is -0.491 e. The molecule has 3 rings (SSSR count). The van der Waals surface area contributed by atoms with E-state index in [9.17, 15) is 4.39 Å². The Kier molecular flexibility index (Phi) is 3.93. The fourth-order valence-electron chi connectivity index (χ4n) is 4.03. The molecule has 2 bridgehead atoms. The summed E-state index contributed by atoms with van der Waals surface area (Å²) in [7, 11) is 0. The average molecular weight is 315 g/mol. The van der Waals surface area contributed by atoms with Crippen molar-refractivity contribution in [3.05, 3.63) is 23.0 Å². The Morgan fingerprint density at radius 1 is 1.35 bits per heavy atom. The molecular formula is C16H20ClFOS. The largest absolute Gasteiger partial charge is 0.491 e. The van der Waals surface area contributed by atoms with E-state index in [0.717, 1.165) is 11.8 Å². The van der Waals surface area contributed by atoms with Crippen LogP contribution in [0, 0.1) is 23.1 Å². The van der Waals surface area contributed by atoms with Crippen molar-refractivity contribution in [3.63, 3.8) is 0 Å². The lowest BCUT2D eigenvalue weighted by Gasteiger charge is -2.37. The monoisotopic (exact) mass is 314 g/mol. The molecule has 1 unspecified atom stereocenters. The SMILES string of the molecule is CC1(COc2cc(F)c(S)cc2Cl)C[C@@H]2CC[C@@H](C2)C1. The van der Waals surface area contributed by atoms with Crippen molar-refractivity contribution < 1.29 is 9.13 Å². The minimum absolute atomic E-state index is 0.198. The molecule has 0 heterocycles. The first-order chi connectivity index (χ1) is 9.45. The molecule has 2 aliphatic carbocycles. The maximum Gasteiger partial charge on any atom is 0.140 e. The van der Waals surface area contributed by atoms with Crippen molar-refractivity contribution >= 4 is 24.2 Å². The van der Waals surface area contributed by atoms with Gasteiger partial charge in [-0.1, -0.05) is 31.4 Å². The third kappa shape index (κ3) is 2.94. The molecule has 0 N–H and O–H groups in total. The lowest BCUT2D eigenvalue weighted by molar-refractivity contribution is 0.0810. The Morgan fingerprint density at radius 3 is 2.65 bits per heavy atom. The van der Waals surface area contributed by atoms with E-state index in [2.05, 4.69) is 19.6 Å². The highest BCUT2D eigenvalue weighted by molar-refractivity contribution is 7.80. The molecule has 0 aromatic heterocycles. The average Bonchev–Trinajstić information content (AvgIpc) is 2.72. The molecule has 0 aliphatic heterocycles. The molecule has 110 valence electrons. The van der Waals surface area contributed by atoms with Crippen LogP contribution in [0.5, 0.6) is 5.75 Å². The van der Waals surface area contributed by atoms with Crippen LogP contribution in [0.15, 0.2) is 17.0 Å². The van der Waals surface area contributed by atoms with Crippen LogP contribution in [0.4, 0.5) is 4.39 Å². The summed E-state index contributed by atoms with van der Waals surface area (Å²) in [5.41, 5.74) is 0.198. The minimum atomic E-state index is -0.387. The Labute approximate surface area is 130 Å². The number of halogens is 2. The maximum atomic E-state index is 13.5. The molecule has 1 aromatic rings. The van der Waals surface area contributed by atoms with Crippen LogP contribution in [0.3, 0.4) is 0 Å². The molecule has 4 heteroatoms. The number of benzene rings is 1. The lowest BCUT2D eigenvalue weighted by Crippen LogP contribution is -2.32. The van der Waals surface area contributed by atoms with Gasteiger partial charge in [0.2, 0.25) is 0 Å². The number of fused-ring (bicyclic) bond motifs is 2. The standard InChI is InChI=1S/C16H20ClFOS/c1-16(7-10-2-3-11(4-10)8-16)9-19-14-6-13(18)15(20)5-12(14)17/h5-6,10-11,20H,2-4,7-9H2,1H3/t10-,11+,16?. The molecular weight excluding hydrogens is 295 g/mol. The molecule has 0 spiro atoms. The summed E-state index contributed by atoms with van der Waals surface area (Å²) in [6.07, 6.45) is 6.55. The van der Waals surface area contributed by atoms with Gasteiger partial charge in [-0.3, -0.25) is 0 Å². The second-order valence-electron chi connectivity index (χ2n) is 6.79. The molecule has 2 saturated carbocycles. The van der Waals surface area contributed by atoms with E-state index in [1.807, 2.05) is 0 Å². The molecule has 0 radical (unpaired) electrons. The van der Waals surface area contributed by atoms with Crippen LogP contribution in [0.1, 0.15) is 39.0 Å². The van der Waals surface area contributed by atoms with Crippen LogP contribution in [0.2, 0.25) is 5.02 Å². The Morgan fingerprint density at radius 2 is 2.00 bits per heavy atom. The quantitative estimate of drug-likeness (QED) is 0.739. The number of rotatable bonds is 3. The normalized spacial score (nSPS) is 32.4. The van der Waals surface area contributed by atoms with E-state index in [4.69, 9.17) is 16.3 Å². The second kappa shape index (κ2) is 5.42.